The summed E-state index contributed by atoms with van der Waals surface area (Å²) in [5.74, 6) is 1.61. The van der Waals surface area contributed by atoms with E-state index >= 15 is 0 Å². The minimum Gasteiger partial charge on any atom is -0.463 e. The molecule has 4 saturated carbocycles. The minimum absolute atomic E-state index is 0.0261. The number of ketones is 2. The van der Waals surface area contributed by atoms with E-state index in [-0.39, 0.29) is 34.7 Å². The van der Waals surface area contributed by atoms with E-state index in [1.807, 2.05) is 0 Å². The van der Waals surface area contributed by atoms with E-state index in [9.17, 15) is 14.4 Å². The Morgan fingerprint density at radius 3 is 2.56 bits per heavy atom. The maximum Gasteiger partial charge on any atom is 0.302 e. The van der Waals surface area contributed by atoms with Gasteiger partial charge < -0.3 is 4.74 Å². The first-order chi connectivity index (χ1) is 11.8. The van der Waals surface area contributed by atoms with Crippen LogP contribution in [0.15, 0.2) is 0 Å². The summed E-state index contributed by atoms with van der Waals surface area (Å²) in [6.07, 6.45) is 6.85. The van der Waals surface area contributed by atoms with Crippen LogP contribution in [0.1, 0.15) is 72.1 Å². The van der Waals surface area contributed by atoms with Gasteiger partial charge in [-0.1, -0.05) is 13.8 Å². The van der Waals surface area contributed by atoms with E-state index in [1.54, 1.807) is 0 Å². The second-order valence-electron chi connectivity index (χ2n) is 9.54. The number of fused-ring (bicyclic) bond motifs is 5. The van der Waals surface area contributed by atoms with Crippen LogP contribution in [0.5, 0.6) is 0 Å². The van der Waals surface area contributed by atoms with Gasteiger partial charge in [-0.05, 0) is 61.7 Å². The zero-order chi connectivity index (χ0) is 18.0. The quantitative estimate of drug-likeness (QED) is 0.679. The van der Waals surface area contributed by atoms with Crippen LogP contribution >= 0.6 is 0 Å². The number of rotatable bonds is 1. The zero-order valence-electron chi connectivity index (χ0n) is 15.7. The van der Waals surface area contributed by atoms with Crippen LogP contribution < -0.4 is 0 Å². The molecule has 7 atom stereocenters. The highest BCUT2D eigenvalue weighted by atomic mass is 16.5. The summed E-state index contributed by atoms with van der Waals surface area (Å²) >= 11 is 0. The molecule has 0 saturated heterocycles. The third-order valence-corrected chi connectivity index (χ3v) is 8.46. The van der Waals surface area contributed by atoms with Crippen LogP contribution in [0.3, 0.4) is 0 Å². The van der Waals surface area contributed by atoms with E-state index in [0.29, 0.717) is 36.2 Å². The molecule has 0 aromatic heterocycles. The van der Waals surface area contributed by atoms with Gasteiger partial charge >= 0.3 is 5.97 Å². The number of hydrogen-bond donors (Lipinski definition) is 0. The van der Waals surface area contributed by atoms with Gasteiger partial charge in [0.15, 0.2) is 0 Å². The lowest BCUT2D eigenvalue weighted by atomic mass is 9.45. The zero-order valence-corrected chi connectivity index (χ0v) is 15.7. The van der Waals surface area contributed by atoms with Crippen molar-refractivity contribution in [1.82, 2.24) is 0 Å². The van der Waals surface area contributed by atoms with Crippen molar-refractivity contribution in [2.45, 2.75) is 78.2 Å². The van der Waals surface area contributed by atoms with Gasteiger partial charge in [-0.15, -0.1) is 0 Å². The number of esters is 1. The molecule has 4 rings (SSSR count). The highest BCUT2D eigenvalue weighted by Crippen LogP contribution is 2.64. The number of carbonyl (C=O) groups is 3. The molecule has 4 aliphatic carbocycles. The smallest absolute Gasteiger partial charge is 0.302 e. The van der Waals surface area contributed by atoms with Crippen molar-refractivity contribution in [2.24, 2.45) is 34.5 Å². The van der Waals surface area contributed by atoms with Gasteiger partial charge in [-0.25, -0.2) is 0 Å². The monoisotopic (exact) mass is 346 g/mol. The molecule has 0 spiro atoms. The Kier molecular flexibility index (Phi) is 3.90. The van der Waals surface area contributed by atoms with Gasteiger partial charge in [0.1, 0.15) is 17.7 Å². The molecule has 4 nitrogen and oxygen atoms in total. The average Bonchev–Trinajstić information content (AvgIpc) is 2.84. The second kappa shape index (κ2) is 5.65. The Hall–Kier alpha value is -1.19. The van der Waals surface area contributed by atoms with Crippen LogP contribution in [-0.4, -0.2) is 23.6 Å². The first-order valence-electron chi connectivity index (χ1n) is 9.99. The lowest BCUT2D eigenvalue weighted by molar-refractivity contribution is -0.166. The highest BCUT2D eigenvalue weighted by Gasteiger charge is 2.62. The molecule has 0 unspecified atom stereocenters. The molecule has 0 amide bonds. The second-order valence-corrected chi connectivity index (χ2v) is 9.54. The molecule has 4 heteroatoms. The molecule has 0 N–H and O–H groups in total. The van der Waals surface area contributed by atoms with Gasteiger partial charge in [-0.2, -0.15) is 0 Å². The number of ether oxygens (including phenoxy) is 1. The molecule has 4 fully saturated rings. The maximum atomic E-state index is 13.1. The molecule has 4 aliphatic rings. The Morgan fingerprint density at radius 2 is 1.84 bits per heavy atom. The summed E-state index contributed by atoms with van der Waals surface area (Å²) in [5, 5.41) is 0. The Bertz CT molecular complexity index is 625. The fourth-order valence-electron chi connectivity index (χ4n) is 7.01. The summed E-state index contributed by atoms with van der Waals surface area (Å²) in [7, 11) is 0. The van der Waals surface area contributed by atoms with Gasteiger partial charge in [-0.3, -0.25) is 14.4 Å². The third kappa shape index (κ3) is 2.43. The van der Waals surface area contributed by atoms with E-state index < -0.39 is 0 Å². The van der Waals surface area contributed by atoms with E-state index in [0.717, 1.165) is 38.5 Å². The average molecular weight is 346 g/mol. The van der Waals surface area contributed by atoms with Crippen molar-refractivity contribution in [3.63, 3.8) is 0 Å². The normalized spacial score (nSPS) is 49.2. The summed E-state index contributed by atoms with van der Waals surface area (Å²) in [6.45, 7) is 5.95. The van der Waals surface area contributed by atoms with Crippen molar-refractivity contribution in [3.8, 4) is 0 Å². The standard InChI is InChI=1S/C21H30O4/c1-12(22)25-14-6-8-20(2)13(10-14)11-17(23)19-15-4-5-18(24)21(15,3)9-7-16(19)20/h13-16,19H,4-11H2,1-3H3/t13-,14-,15-,16-,19-,20-,21-/m0/s1. The molecule has 0 aromatic carbocycles. The molecule has 0 aromatic rings. The number of carbonyl (C=O) groups excluding carboxylic acids is 3. The van der Waals surface area contributed by atoms with Gasteiger partial charge in [0.2, 0.25) is 0 Å². The maximum absolute atomic E-state index is 13.1. The van der Waals surface area contributed by atoms with Crippen molar-refractivity contribution in [1.29, 1.82) is 0 Å². The van der Waals surface area contributed by atoms with Crippen LogP contribution in [0.25, 0.3) is 0 Å². The third-order valence-electron chi connectivity index (χ3n) is 8.46. The molecule has 0 aliphatic heterocycles. The first kappa shape index (κ1) is 17.2. The van der Waals surface area contributed by atoms with Crippen molar-refractivity contribution >= 4 is 17.5 Å². The molecule has 25 heavy (non-hydrogen) atoms. The van der Waals surface area contributed by atoms with Gasteiger partial charge in [0.05, 0.1) is 0 Å². The summed E-state index contributed by atoms with van der Waals surface area (Å²) in [4.78, 5) is 36.9. The van der Waals surface area contributed by atoms with Crippen molar-refractivity contribution in [2.75, 3.05) is 0 Å². The molecular weight excluding hydrogens is 316 g/mol. The van der Waals surface area contributed by atoms with Gasteiger partial charge in [0.25, 0.3) is 0 Å². The molecule has 0 radical (unpaired) electrons. The van der Waals surface area contributed by atoms with E-state index in [4.69, 9.17) is 4.74 Å². The minimum atomic E-state index is -0.255. The van der Waals surface area contributed by atoms with E-state index in [2.05, 4.69) is 13.8 Å². The van der Waals surface area contributed by atoms with Crippen molar-refractivity contribution < 1.29 is 19.1 Å². The summed E-state index contributed by atoms with van der Waals surface area (Å²) in [6, 6.07) is 0. The topological polar surface area (TPSA) is 60.4 Å². The van der Waals surface area contributed by atoms with Crippen LogP contribution in [0.4, 0.5) is 0 Å². The van der Waals surface area contributed by atoms with E-state index in [1.165, 1.54) is 6.92 Å². The lowest BCUT2D eigenvalue weighted by Crippen LogP contribution is -2.57. The van der Waals surface area contributed by atoms with Crippen LogP contribution in [0.2, 0.25) is 0 Å². The summed E-state index contributed by atoms with van der Waals surface area (Å²) in [5.41, 5.74) is -0.100. The van der Waals surface area contributed by atoms with Crippen molar-refractivity contribution in [3.05, 3.63) is 0 Å². The van der Waals surface area contributed by atoms with Gasteiger partial charge in [0, 0.05) is 31.1 Å². The molecule has 138 valence electrons. The molecular formula is C21H30O4. The fourth-order valence-corrected chi connectivity index (χ4v) is 7.01. The van der Waals surface area contributed by atoms with Crippen LogP contribution in [-0.2, 0) is 19.1 Å². The Balaban J connectivity index is 1.60. The number of Topliss-reactive ketones (excluding diaryl/α,β-unsaturated/α-hetero) is 2. The predicted octanol–water partition coefficient (Wildman–Crippen LogP) is 3.71. The number of hydrogen-bond acceptors (Lipinski definition) is 4. The van der Waals surface area contributed by atoms with Crippen LogP contribution in [0, 0.1) is 34.5 Å². The predicted molar refractivity (Wildman–Crippen MR) is 92.7 cm³/mol. The SMILES string of the molecule is CC(=O)O[C@H]1CC[C@@]2(C)[C@H](CC(=O)[C@@H]3[C@@H]2CC[C@]2(C)C(=O)CC[C@@H]32)C1. The molecule has 0 heterocycles. The Morgan fingerprint density at radius 1 is 1.08 bits per heavy atom. The Labute approximate surface area is 150 Å². The first-order valence-corrected chi connectivity index (χ1v) is 9.99. The fraction of sp³-hybridized carbons (Fsp3) is 0.857. The largest absolute Gasteiger partial charge is 0.463 e. The lowest BCUT2D eigenvalue weighted by Gasteiger charge is -2.59. The highest BCUT2D eigenvalue weighted by molar-refractivity contribution is 5.90. The molecule has 0 bridgehead atoms. The summed E-state index contributed by atoms with van der Waals surface area (Å²) < 4.78 is 5.46.